The van der Waals surface area contributed by atoms with Crippen molar-refractivity contribution < 1.29 is 14.3 Å². The third-order valence-corrected chi connectivity index (χ3v) is 6.93. The molecule has 5 rings (SSSR count). The van der Waals surface area contributed by atoms with Crippen LogP contribution in [-0.4, -0.2) is 44.2 Å². The Labute approximate surface area is 228 Å². The van der Waals surface area contributed by atoms with Crippen molar-refractivity contribution in [2.24, 2.45) is 7.05 Å². The molecule has 196 valence electrons. The van der Waals surface area contributed by atoms with Gasteiger partial charge in [0.2, 0.25) is 5.88 Å². The number of nitrogens with zero attached hydrogens (tertiary/aromatic N) is 6. The van der Waals surface area contributed by atoms with Crippen LogP contribution in [0.4, 0.5) is 5.69 Å². The molecule has 0 bridgehead atoms. The van der Waals surface area contributed by atoms with Crippen molar-refractivity contribution in [1.82, 2.24) is 24.1 Å². The summed E-state index contributed by atoms with van der Waals surface area (Å²) in [6, 6.07) is 7.97. The molecule has 1 aliphatic rings. The molecule has 0 saturated carbocycles. The first kappa shape index (κ1) is 25.7. The number of imidazole rings is 1. The van der Waals surface area contributed by atoms with E-state index in [4.69, 9.17) is 37.7 Å². The zero-order valence-electron chi connectivity index (χ0n) is 21.3. The summed E-state index contributed by atoms with van der Waals surface area (Å²) in [5.74, 6) is 0.234. The topological polar surface area (TPSA) is 104 Å². The molecule has 10 nitrogen and oxygen atoms in total. The molecule has 0 fully saturated rings. The summed E-state index contributed by atoms with van der Waals surface area (Å²) < 4.78 is 14.0. The van der Waals surface area contributed by atoms with Crippen LogP contribution in [0, 0.1) is 0 Å². The lowest BCUT2D eigenvalue weighted by Gasteiger charge is -2.28. The maximum Gasteiger partial charge on any atom is 0.319 e. The number of benzene rings is 1. The van der Waals surface area contributed by atoms with Crippen LogP contribution in [0.25, 0.3) is 11.4 Å². The van der Waals surface area contributed by atoms with E-state index in [-0.39, 0.29) is 34.3 Å². The van der Waals surface area contributed by atoms with Gasteiger partial charge in [-0.3, -0.25) is 14.5 Å². The van der Waals surface area contributed by atoms with Gasteiger partial charge in [0.25, 0.3) is 11.5 Å². The third-order valence-electron chi connectivity index (χ3n) is 6.37. The molecule has 1 amide bonds. The Bertz CT molecular complexity index is 1610. The van der Waals surface area contributed by atoms with Crippen molar-refractivity contribution in [3.8, 4) is 23.3 Å². The molecule has 3 aromatic heterocycles. The molecule has 1 atom stereocenters. The van der Waals surface area contributed by atoms with Crippen molar-refractivity contribution in [3.63, 3.8) is 0 Å². The van der Waals surface area contributed by atoms with E-state index in [2.05, 4.69) is 9.97 Å². The minimum atomic E-state index is -0.712. The normalized spacial score (nSPS) is 14.8. The SMILES string of the molecule is COc1ncc(-c2nc3c(n2C(C)C)[C@H](c2ccc(Cl)cc2)N(c2c(Cl)ccn(C)c2=O)C3=O)c(OC)n1. The molecule has 1 aliphatic heterocycles. The Morgan fingerprint density at radius 2 is 1.71 bits per heavy atom. The summed E-state index contributed by atoms with van der Waals surface area (Å²) in [6.07, 6.45) is 3.10. The van der Waals surface area contributed by atoms with Gasteiger partial charge in [0, 0.05) is 30.5 Å². The molecule has 4 aromatic rings. The van der Waals surface area contributed by atoms with E-state index < -0.39 is 17.5 Å². The highest BCUT2D eigenvalue weighted by Gasteiger charge is 2.46. The van der Waals surface area contributed by atoms with Crippen LogP contribution in [-0.2, 0) is 7.05 Å². The van der Waals surface area contributed by atoms with Crippen molar-refractivity contribution in [2.45, 2.75) is 25.9 Å². The van der Waals surface area contributed by atoms with Gasteiger partial charge in [-0.05, 0) is 37.6 Å². The van der Waals surface area contributed by atoms with E-state index in [9.17, 15) is 9.59 Å². The minimum Gasteiger partial charge on any atom is -0.480 e. The predicted octanol–water partition coefficient (Wildman–Crippen LogP) is 4.69. The van der Waals surface area contributed by atoms with Gasteiger partial charge in [-0.1, -0.05) is 35.3 Å². The number of hydrogen-bond acceptors (Lipinski definition) is 7. The fourth-order valence-electron chi connectivity index (χ4n) is 4.68. The lowest BCUT2D eigenvalue weighted by molar-refractivity contribution is 0.0989. The minimum absolute atomic E-state index is 0.0711. The zero-order valence-corrected chi connectivity index (χ0v) is 22.8. The number of rotatable bonds is 6. The molecule has 0 unspecified atom stereocenters. The van der Waals surface area contributed by atoms with E-state index in [0.717, 1.165) is 5.56 Å². The van der Waals surface area contributed by atoms with Crippen LogP contribution >= 0.6 is 23.2 Å². The molecule has 0 saturated heterocycles. The second kappa shape index (κ2) is 9.77. The van der Waals surface area contributed by atoms with E-state index in [1.54, 1.807) is 37.6 Å². The summed E-state index contributed by atoms with van der Waals surface area (Å²) in [7, 11) is 4.55. The number of amides is 1. The Balaban J connectivity index is 1.82. The van der Waals surface area contributed by atoms with Crippen molar-refractivity contribution in [2.75, 3.05) is 19.1 Å². The van der Waals surface area contributed by atoms with E-state index in [0.29, 0.717) is 22.1 Å². The maximum atomic E-state index is 14.1. The van der Waals surface area contributed by atoms with E-state index in [1.807, 2.05) is 30.5 Å². The van der Waals surface area contributed by atoms with Gasteiger partial charge in [0.1, 0.15) is 17.6 Å². The largest absolute Gasteiger partial charge is 0.480 e. The average Bonchev–Trinajstić information content (AvgIpc) is 3.42. The summed E-state index contributed by atoms with van der Waals surface area (Å²) in [4.78, 5) is 42.0. The van der Waals surface area contributed by atoms with Crippen LogP contribution in [0.3, 0.4) is 0 Å². The number of hydrogen-bond donors (Lipinski definition) is 0. The summed E-state index contributed by atoms with van der Waals surface area (Å²) in [6.45, 7) is 3.95. The highest BCUT2D eigenvalue weighted by Crippen LogP contribution is 2.46. The van der Waals surface area contributed by atoms with Gasteiger partial charge < -0.3 is 18.6 Å². The first-order chi connectivity index (χ1) is 18.2. The average molecular weight is 555 g/mol. The number of methoxy groups -OCH3 is 2. The summed E-state index contributed by atoms with van der Waals surface area (Å²) in [5.41, 5.74) is 1.67. The van der Waals surface area contributed by atoms with E-state index in [1.165, 1.54) is 23.7 Å². The molecule has 1 aromatic carbocycles. The number of anilines is 1. The molecule has 0 spiro atoms. The van der Waals surface area contributed by atoms with Crippen LogP contribution in [0.15, 0.2) is 47.5 Å². The van der Waals surface area contributed by atoms with Gasteiger partial charge in [0.05, 0.1) is 30.5 Å². The number of carbonyl (C=O) groups excluding carboxylic acids is 1. The molecular formula is C26H24Cl2N6O4. The highest BCUT2D eigenvalue weighted by atomic mass is 35.5. The fraction of sp³-hybridized carbons (Fsp3) is 0.269. The van der Waals surface area contributed by atoms with Gasteiger partial charge in [-0.2, -0.15) is 4.98 Å². The molecular weight excluding hydrogens is 531 g/mol. The van der Waals surface area contributed by atoms with Gasteiger partial charge in [-0.15, -0.1) is 0 Å². The van der Waals surface area contributed by atoms with Crippen LogP contribution in [0.5, 0.6) is 11.9 Å². The first-order valence-corrected chi connectivity index (χ1v) is 12.4. The number of halogens is 2. The standard InChI is InChI=1S/C26H24Cl2N6O4/c1-13(2)33-21-18(30-22(33)16-12-29-26(38-5)31-23(16)37-4)24(35)34(19(21)14-6-8-15(27)9-7-14)20-17(28)10-11-32(3)25(20)36/h6-13,19H,1-5H3/t19-/m0/s1. The number of pyridine rings is 1. The highest BCUT2D eigenvalue weighted by molar-refractivity contribution is 6.34. The number of fused-ring (bicyclic) bond motifs is 1. The van der Waals surface area contributed by atoms with Crippen LogP contribution < -0.4 is 19.9 Å². The zero-order chi connectivity index (χ0) is 27.3. The van der Waals surface area contributed by atoms with Crippen LogP contribution in [0.1, 0.15) is 47.7 Å². The van der Waals surface area contributed by atoms with Gasteiger partial charge >= 0.3 is 6.01 Å². The molecule has 0 radical (unpaired) electrons. The molecule has 12 heteroatoms. The van der Waals surface area contributed by atoms with Crippen molar-refractivity contribution in [3.05, 3.63) is 80.1 Å². The molecule has 38 heavy (non-hydrogen) atoms. The fourth-order valence-corrected chi connectivity index (χ4v) is 5.04. The number of aryl methyl sites for hydroxylation is 1. The second-order valence-corrected chi connectivity index (χ2v) is 9.81. The van der Waals surface area contributed by atoms with Crippen molar-refractivity contribution >= 4 is 34.8 Å². The second-order valence-electron chi connectivity index (χ2n) is 8.97. The van der Waals surface area contributed by atoms with Crippen LogP contribution in [0.2, 0.25) is 10.0 Å². The van der Waals surface area contributed by atoms with Crippen molar-refractivity contribution in [1.29, 1.82) is 0 Å². The number of aromatic nitrogens is 5. The number of carbonyl (C=O) groups is 1. The molecule has 0 N–H and O–H groups in total. The Morgan fingerprint density at radius 3 is 2.34 bits per heavy atom. The summed E-state index contributed by atoms with van der Waals surface area (Å²) >= 11 is 12.7. The Morgan fingerprint density at radius 1 is 1.00 bits per heavy atom. The van der Waals surface area contributed by atoms with Gasteiger partial charge in [-0.25, -0.2) is 9.97 Å². The Kier molecular flexibility index (Phi) is 6.62. The first-order valence-electron chi connectivity index (χ1n) is 11.7. The quantitative estimate of drug-likeness (QED) is 0.340. The van der Waals surface area contributed by atoms with Gasteiger partial charge in [0.15, 0.2) is 5.69 Å². The maximum absolute atomic E-state index is 14.1. The smallest absolute Gasteiger partial charge is 0.319 e. The van der Waals surface area contributed by atoms with E-state index >= 15 is 0 Å². The molecule has 4 heterocycles. The lowest BCUT2D eigenvalue weighted by atomic mass is 10.0. The lowest BCUT2D eigenvalue weighted by Crippen LogP contribution is -2.36. The Hall–Kier alpha value is -3.89. The predicted molar refractivity (Wildman–Crippen MR) is 144 cm³/mol. The number of ether oxygens (including phenoxy) is 2. The monoisotopic (exact) mass is 554 g/mol. The third kappa shape index (κ3) is 4.00. The summed E-state index contributed by atoms with van der Waals surface area (Å²) in [5, 5.41) is 0.698. The molecule has 0 aliphatic carbocycles.